The fourth-order valence-electron chi connectivity index (χ4n) is 1.03. The molecule has 1 fully saturated rings. The second-order valence-corrected chi connectivity index (χ2v) is 5.02. The van der Waals surface area contributed by atoms with Crippen molar-refractivity contribution >= 4 is 17.9 Å². The zero-order valence-electron chi connectivity index (χ0n) is 16.0. The number of carbonyl (C=O) groups excluding carboxylic acids is 3. The fraction of sp³-hybridized carbons (Fsp3) is 0.526. The van der Waals surface area contributed by atoms with Crippen LogP contribution in [0.15, 0.2) is 37.5 Å². The monoisotopic (exact) mass is 370 g/mol. The van der Waals surface area contributed by atoms with Crippen molar-refractivity contribution in [2.75, 3.05) is 26.4 Å². The molecule has 148 valence electrons. The Kier molecular flexibility index (Phi) is 17.3. The average molecular weight is 370 g/mol. The smallest absolute Gasteiger partial charge is 0.333 e. The predicted octanol–water partition coefficient (Wildman–Crippen LogP) is 2.76. The Morgan fingerprint density at radius 2 is 1.62 bits per heavy atom. The quantitative estimate of drug-likeness (QED) is 0.203. The van der Waals surface area contributed by atoms with Crippen LogP contribution in [0.3, 0.4) is 0 Å². The van der Waals surface area contributed by atoms with Crippen molar-refractivity contribution in [1.82, 2.24) is 0 Å². The summed E-state index contributed by atoms with van der Waals surface area (Å²) < 4.78 is 18.7. The minimum absolute atomic E-state index is 0.142. The topological polar surface area (TPSA) is 91.4 Å². The third-order valence-electron chi connectivity index (χ3n) is 2.51. The zero-order valence-corrected chi connectivity index (χ0v) is 16.0. The van der Waals surface area contributed by atoms with Crippen molar-refractivity contribution in [3.8, 4) is 0 Å². The number of hydrogen-bond donors (Lipinski definition) is 0. The summed E-state index contributed by atoms with van der Waals surface area (Å²) in [6.45, 7) is 17.3. The third kappa shape index (κ3) is 19.6. The van der Waals surface area contributed by atoms with E-state index in [1.54, 1.807) is 13.8 Å². The van der Waals surface area contributed by atoms with E-state index >= 15 is 0 Å². The van der Waals surface area contributed by atoms with E-state index in [4.69, 9.17) is 9.47 Å². The first kappa shape index (κ1) is 25.8. The molecule has 1 saturated heterocycles. The number of unbranched alkanes of at least 4 members (excludes halogenated alkanes) is 1. The van der Waals surface area contributed by atoms with Crippen LogP contribution in [0.5, 0.6) is 0 Å². The fourth-order valence-corrected chi connectivity index (χ4v) is 1.03. The van der Waals surface area contributed by atoms with E-state index in [1.807, 2.05) is 6.92 Å². The van der Waals surface area contributed by atoms with Gasteiger partial charge in [0.05, 0.1) is 19.8 Å². The molecule has 0 bridgehead atoms. The minimum atomic E-state index is -0.359. The molecule has 1 aliphatic heterocycles. The minimum Gasteiger partial charge on any atom is -0.463 e. The van der Waals surface area contributed by atoms with Crippen LogP contribution in [-0.2, 0) is 33.3 Å². The Morgan fingerprint density at radius 3 is 1.96 bits per heavy atom. The number of esters is 3. The number of rotatable bonds is 9. The van der Waals surface area contributed by atoms with Crippen molar-refractivity contribution in [3.05, 3.63) is 37.5 Å². The van der Waals surface area contributed by atoms with Crippen LogP contribution in [0.2, 0.25) is 0 Å². The highest BCUT2D eigenvalue weighted by atomic mass is 16.6. The molecule has 0 aromatic heterocycles. The van der Waals surface area contributed by atoms with Gasteiger partial charge in [-0.2, -0.15) is 0 Å². The van der Waals surface area contributed by atoms with Crippen LogP contribution in [0, 0.1) is 0 Å². The van der Waals surface area contributed by atoms with Crippen LogP contribution >= 0.6 is 0 Å². The molecular weight excluding hydrogens is 340 g/mol. The van der Waals surface area contributed by atoms with E-state index in [-0.39, 0.29) is 24.0 Å². The van der Waals surface area contributed by atoms with Gasteiger partial charge in [0.1, 0.15) is 12.7 Å². The highest BCUT2D eigenvalue weighted by Gasteiger charge is 2.24. The highest BCUT2D eigenvalue weighted by Crippen LogP contribution is 2.09. The molecule has 1 rings (SSSR count). The summed E-state index contributed by atoms with van der Waals surface area (Å²) in [4.78, 5) is 31.1. The van der Waals surface area contributed by atoms with Gasteiger partial charge in [-0.1, -0.05) is 33.1 Å². The van der Waals surface area contributed by atoms with E-state index in [1.165, 1.54) is 6.08 Å². The Bertz CT molecular complexity index is 465. The second-order valence-electron chi connectivity index (χ2n) is 5.02. The Labute approximate surface area is 155 Å². The van der Waals surface area contributed by atoms with Crippen LogP contribution in [-0.4, -0.2) is 50.4 Å². The van der Waals surface area contributed by atoms with Gasteiger partial charge >= 0.3 is 17.9 Å². The van der Waals surface area contributed by atoms with E-state index in [0.29, 0.717) is 32.0 Å². The van der Waals surface area contributed by atoms with Crippen LogP contribution in [0.25, 0.3) is 0 Å². The van der Waals surface area contributed by atoms with Gasteiger partial charge in [0, 0.05) is 17.7 Å². The van der Waals surface area contributed by atoms with Crippen LogP contribution in [0.1, 0.15) is 33.6 Å². The van der Waals surface area contributed by atoms with Gasteiger partial charge in [0.25, 0.3) is 0 Å². The SMILES string of the molecule is C=C(C)C(=O)OCC1CO1.C=CC(=O)OCC.C=CC(=O)OCCCC. The first-order chi connectivity index (χ1) is 12.3. The number of hydrogen-bond acceptors (Lipinski definition) is 7. The normalized spacial score (nSPS) is 13.4. The molecule has 0 aromatic carbocycles. The summed E-state index contributed by atoms with van der Waals surface area (Å²) in [5.74, 6) is -1.03. The molecule has 0 saturated carbocycles. The average Bonchev–Trinajstić information content (AvgIpc) is 3.45. The first-order valence-corrected chi connectivity index (χ1v) is 8.34. The van der Waals surface area contributed by atoms with E-state index in [2.05, 4.69) is 29.2 Å². The summed E-state index contributed by atoms with van der Waals surface area (Å²) in [6.07, 6.45) is 4.44. The van der Waals surface area contributed by atoms with E-state index in [9.17, 15) is 14.4 Å². The second kappa shape index (κ2) is 17.4. The van der Waals surface area contributed by atoms with Gasteiger partial charge in [0.15, 0.2) is 0 Å². The van der Waals surface area contributed by atoms with Gasteiger partial charge in [-0.25, -0.2) is 14.4 Å². The van der Waals surface area contributed by atoms with Crippen molar-refractivity contribution in [2.24, 2.45) is 0 Å². The van der Waals surface area contributed by atoms with Gasteiger partial charge < -0.3 is 18.9 Å². The molecule has 26 heavy (non-hydrogen) atoms. The third-order valence-corrected chi connectivity index (χ3v) is 2.51. The molecule has 1 atom stereocenters. The molecule has 1 unspecified atom stereocenters. The van der Waals surface area contributed by atoms with Crippen LogP contribution < -0.4 is 0 Å². The molecule has 0 N–H and O–H groups in total. The van der Waals surface area contributed by atoms with Crippen molar-refractivity contribution in [3.63, 3.8) is 0 Å². The molecule has 0 aromatic rings. The number of epoxide rings is 1. The molecule has 0 spiro atoms. The molecular formula is C19H30O7. The maximum absolute atomic E-state index is 10.7. The lowest BCUT2D eigenvalue weighted by atomic mass is 10.4. The number of ether oxygens (including phenoxy) is 4. The van der Waals surface area contributed by atoms with Gasteiger partial charge in [-0.15, -0.1) is 0 Å². The number of carbonyl (C=O) groups is 3. The summed E-state index contributed by atoms with van der Waals surface area (Å²) in [7, 11) is 0. The van der Waals surface area contributed by atoms with Crippen molar-refractivity contribution < 1.29 is 33.3 Å². The maximum atomic E-state index is 10.7. The molecule has 0 amide bonds. The van der Waals surface area contributed by atoms with Crippen molar-refractivity contribution in [2.45, 2.75) is 39.7 Å². The summed E-state index contributed by atoms with van der Waals surface area (Å²) in [5, 5.41) is 0. The molecule has 1 aliphatic rings. The highest BCUT2D eigenvalue weighted by molar-refractivity contribution is 5.86. The standard InChI is InChI=1S/C7H10O3.C7H12O2.C5H8O2/c1-5(2)7(8)10-4-6-3-9-6;1-3-5-6-9-7(8)4-2;1-3-5(6)7-4-2/h6H,1,3-4H2,2H3;4H,2-3,5-6H2,1H3;3H,1,4H2,2H3. The summed E-state index contributed by atoms with van der Waals surface area (Å²) in [6, 6.07) is 0. The molecule has 7 heteroatoms. The molecule has 1 heterocycles. The van der Waals surface area contributed by atoms with Gasteiger partial charge in [0.2, 0.25) is 0 Å². The molecule has 7 nitrogen and oxygen atoms in total. The Hall–Kier alpha value is -2.41. The largest absolute Gasteiger partial charge is 0.463 e. The van der Waals surface area contributed by atoms with E-state index in [0.717, 1.165) is 18.9 Å². The molecule has 0 aliphatic carbocycles. The Balaban J connectivity index is 0. The Morgan fingerprint density at radius 1 is 1.08 bits per heavy atom. The summed E-state index contributed by atoms with van der Waals surface area (Å²) in [5.41, 5.74) is 0.431. The maximum Gasteiger partial charge on any atom is 0.333 e. The van der Waals surface area contributed by atoms with E-state index < -0.39 is 0 Å². The van der Waals surface area contributed by atoms with Gasteiger partial charge in [-0.05, 0) is 20.3 Å². The molecule has 0 radical (unpaired) electrons. The van der Waals surface area contributed by atoms with Crippen molar-refractivity contribution in [1.29, 1.82) is 0 Å². The van der Waals surface area contributed by atoms with Crippen LogP contribution in [0.4, 0.5) is 0 Å². The predicted molar refractivity (Wildman–Crippen MR) is 98.4 cm³/mol. The summed E-state index contributed by atoms with van der Waals surface area (Å²) >= 11 is 0. The lowest BCUT2D eigenvalue weighted by Crippen LogP contribution is -2.09. The lowest BCUT2D eigenvalue weighted by Gasteiger charge is -1.99. The zero-order chi connectivity index (χ0) is 20.4. The lowest BCUT2D eigenvalue weighted by molar-refractivity contribution is -0.139. The van der Waals surface area contributed by atoms with Gasteiger partial charge in [-0.3, -0.25) is 0 Å². The first-order valence-electron chi connectivity index (χ1n) is 8.34.